The molecule has 0 radical (unpaired) electrons. The van der Waals surface area contributed by atoms with Crippen LogP contribution in [-0.2, 0) is 4.79 Å². The SMILES string of the molecule is CN(C)C1CCC2C(C)(CC(C#N)C(=O)C2(C)C)C1. The van der Waals surface area contributed by atoms with E-state index in [1.807, 2.05) is 0 Å². The summed E-state index contributed by atoms with van der Waals surface area (Å²) in [6.07, 6.45) is 4.14. The van der Waals surface area contributed by atoms with Gasteiger partial charge in [0.2, 0.25) is 0 Å². The molecule has 2 aliphatic carbocycles. The molecule has 4 unspecified atom stereocenters. The second kappa shape index (κ2) is 4.59. The molecule has 4 atom stereocenters. The van der Waals surface area contributed by atoms with Gasteiger partial charge in [0.05, 0.1) is 6.07 Å². The van der Waals surface area contributed by atoms with Crippen LogP contribution in [0.2, 0.25) is 0 Å². The number of carbonyl (C=O) groups is 1. The molecule has 2 rings (SSSR count). The van der Waals surface area contributed by atoms with Crippen LogP contribution in [0.4, 0.5) is 0 Å². The molecule has 0 aromatic rings. The second-order valence-electron chi connectivity index (χ2n) is 7.58. The van der Waals surface area contributed by atoms with Crippen molar-refractivity contribution in [2.75, 3.05) is 14.1 Å². The molecule has 3 nitrogen and oxygen atoms in total. The third kappa shape index (κ3) is 2.21. The number of rotatable bonds is 1. The van der Waals surface area contributed by atoms with Crippen molar-refractivity contribution >= 4 is 5.78 Å². The molecule has 0 N–H and O–H groups in total. The normalized spacial score (nSPS) is 41.7. The van der Waals surface area contributed by atoms with Crippen molar-refractivity contribution in [2.45, 2.75) is 52.5 Å². The first-order chi connectivity index (χ1) is 8.72. The van der Waals surface area contributed by atoms with Crippen LogP contribution in [0.25, 0.3) is 0 Å². The zero-order valence-corrected chi connectivity index (χ0v) is 12.9. The van der Waals surface area contributed by atoms with E-state index >= 15 is 0 Å². The average molecular weight is 262 g/mol. The van der Waals surface area contributed by atoms with Crippen molar-refractivity contribution in [2.24, 2.45) is 22.7 Å². The summed E-state index contributed by atoms with van der Waals surface area (Å²) < 4.78 is 0. The molecule has 106 valence electrons. The molecule has 0 aromatic carbocycles. The van der Waals surface area contributed by atoms with Crippen LogP contribution >= 0.6 is 0 Å². The molecule has 2 fully saturated rings. The van der Waals surface area contributed by atoms with Gasteiger partial charge in [-0.1, -0.05) is 20.8 Å². The Balaban J connectivity index is 2.33. The molecule has 19 heavy (non-hydrogen) atoms. The van der Waals surface area contributed by atoms with Gasteiger partial charge in [-0.3, -0.25) is 4.79 Å². The lowest BCUT2D eigenvalue weighted by molar-refractivity contribution is -0.149. The minimum Gasteiger partial charge on any atom is -0.306 e. The van der Waals surface area contributed by atoms with E-state index in [-0.39, 0.29) is 16.6 Å². The Morgan fingerprint density at radius 2 is 1.84 bits per heavy atom. The predicted molar refractivity (Wildman–Crippen MR) is 75.4 cm³/mol. The summed E-state index contributed by atoms with van der Waals surface area (Å²) >= 11 is 0. The number of hydrogen-bond donors (Lipinski definition) is 0. The largest absolute Gasteiger partial charge is 0.306 e. The van der Waals surface area contributed by atoms with Gasteiger partial charge in [-0.25, -0.2) is 0 Å². The Morgan fingerprint density at radius 1 is 1.21 bits per heavy atom. The predicted octanol–water partition coefficient (Wildman–Crippen LogP) is 2.86. The molecule has 0 aromatic heterocycles. The number of fused-ring (bicyclic) bond motifs is 1. The third-order valence-corrected chi connectivity index (χ3v) is 5.71. The van der Waals surface area contributed by atoms with Gasteiger partial charge in [0.1, 0.15) is 5.92 Å². The summed E-state index contributed by atoms with van der Waals surface area (Å²) in [4.78, 5) is 14.8. The maximum absolute atomic E-state index is 12.5. The van der Waals surface area contributed by atoms with Gasteiger partial charge in [-0.05, 0) is 51.1 Å². The van der Waals surface area contributed by atoms with Crippen molar-refractivity contribution in [3.63, 3.8) is 0 Å². The fourth-order valence-corrected chi connectivity index (χ4v) is 4.67. The molecule has 0 bridgehead atoms. The van der Waals surface area contributed by atoms with Gasteiger partial charge in [0.25, 0.3) is 0 Å². The Hall–Kier alpha value is -0.880. The van der Waals surface area contributed by atoms with Crippen molar-refractivity contribution in [1.29, 1.82) is 5.26 Å². The van der Waals surface area contributed by atoms with Crippen molar-refractivity contribution in [1.82, 2.24) is 4.90 Å². The van der Waals surface area contributed by atoms with Crippen LogP contribution in [0.3, 0.4) is 0 Å². The Labute approximate surface area is 117 Å². The monoisotopic (exact) mass is 262 g/mol. The fourth-order valence-electron chi connectivity index (χ4n) is 4.67. The zero-order valence-electron chi connectivity index (χ0n) is 12.9. The number of nitriles is 1. The summed E-state index contributed by atoms with van der Waals surface area (Å²) in [5.74, 6) is 0.186. The van der Waals surface area contributed by atoms with E-state index in [4.69, 9.17) is 0 Å². The highest BCUT2D eigenvalue weighted by molar-refractivity contribution is 5.89. The number of ketones is 1. The smallest absolute Gasteiger partial charge is 0.155 e. The lowest BCUT2D eigenvalue weighted by Crippen LogP contribution is -2.55. The second-order valence-corrected chi connectivity index (χ2v) is 7.58. The zero-order chi connectivity index (χ0) is 14.4. The first-order valence-electron chi connectivity index (χ1n) is 7.33. The van der Waals surface area contributed by atoms with Gasteiger partial charge in [0.15, 0.2) is 5.78 Å². The van der Waals surface area contributed by atoms with Crippen LogP contribution in [0.15, 0.2) is 0 Å². The van der Waals surface area contributed by atoms with Crippen molar-refractivity contribution in [3.8, 4) is 6.07 Å². The minimum atomic E-state index is -0.405. The summed E-state index contributed by atoms with van der Waals surface area (Å²) in [7, 11) is 4.27. The number of hydrogen-bond acceptors (Lipinski definition) is 3. The van der Waals surface area contributed by atoms with Gasteiger partial charge in [0, 0.05) is 11.5 Å². The highest BCUT2D eigenvalue weighted by atomic mass is 16.1. The van der Waals surface area contributed by atoms with Gasteiger partial charge >= 0.3 is 0 Å². The van der Waals surface area contributed by atoms with E-state index < -0.39 is 5.92 Å². The van der Waals surface area contributed by atoms with Gasteiger partial charge < -0.3 is 4.90 Å². The molecular weight excluding hydrogens is 236 g/mol. The Kier molecular flexibility index (Phi) is 3.51. The van der Waals surface area contributed by atoms with E-state index in [2.05, 4.69) is 45.8 Å². The highest BCUT2D eigenvalue weighted by Gasteiger charge is 2.56. The first-order valence-corrected chi connectivity index (χ1v) is 7.33. The molecule has 0 aliphatic heterocycles. The number of Topliss-reactive ketones (excluding diaryl/α,β-unsaturated/α-hetero) is 1. The van der Waals surface area contributed by atoms with E-state index in [1.54, 1.807) is 0 Å². The van der Waals surface area contributed by atoms with E-state index in [0.29, 0.717) is 12.0 Å². The molecule has 2 aliphatic rings. The topological polar surface area (TPSA) is 44.1 Å². The lowest BCUT2D eigenvalue weighted by Gasteiger charge is -2.56. The maximum Gasteiger partial charge on any atom is 0.155 e. The molecule has 0 heterocycles. The standard InChI is InChI=1S/C16H26N2O/c1-15(2)13-7-6-12(18(4)5)9-16(13,3)8-11(10-17)14(15)19/h11-13H,6-9H2,1-5H3. The van der Waals surface area contributed by atoms with Crippen molar-refractivity contribution in [3.05, 3.63) is 0 Å². The third-order valence-electron chi connectivity index (χ3n) is 5.71. The number of carbonyl (C=O) groups excluding carboxylic acids is 1. The summed E-state index contributed by atoms with van der Waals surface area (Å²) in [6, 6.07) is 2.84. The summed E-state index contributed by atoms with van der Waals surface area (Å²) in [5, 5.41) is 9.29. The van der Waals surface area contributed by atoms with Crippen molar-refractivity contribution < 1.29 is 4.79 Å². The van der Waals surface area contributed by atoms with Gasteiger partial charge in [-0.2, -0.15) is 5.26 Å². The molecule has 0 saturated heterocycles. The van der Waals surface area contributed by atoms with E-state index in [0.717, 1.165) is 19.3 Å². The maximum atomic E-state index is 12.5. The molecule has 0 spiro atoms. The molecule has 3 heteroatoms. The molecular formula is C16H26N2O. The van der Waals surface area contributed by atoms with E-state index in [9.17, 15) is 10.1 Å². The first kappa shape index (κ1) is 14.5. The van der Waals surface area contributed by atoms with Crippen LogP contribution in [0.1, 0.15) is 46.5 Å². The summed E-state index contributed by atoms with van der Waals surface area (Å²) in [5.41, 5.74) is -0.213. The fraction of sp³-hybridized carbons (Fsp3) is 0.875. The highest BCUT2D eigenvalue weighted by Crippen LogP contribution is 2.57. The lowest BCUT2D eigenvalue weighted by atomic mass is 9.48. The minimum absolute atomic E-state index is 0.130. The quantitative estimate of drug-likeness (QED) is 0.730. The van der Waals surface area contributed by atoms with E-state index in [1.165, 1.54) is 6.42 Å². The number of nitrogens with zero attached hydrogens (tertiary/aromatic N) is 2. The van der Waals surface area contributed by atoms with Crippen LogP contribution in [0.5, 0.6) is 0 Å². The Morgan fingerprint density at radius 3 is 2.37 bits per heavy atom. The summed E-state index contributed by atoms with van der Waals surface area (Å²) in [6.45, 7) is 6.40. The Bertz CT molecular complexity index is 421. The van der Waals surface area contributed by atoms with Crippen LogP contribution in [0, 0.1) is 34.0 Å². The van der Waals surface area contributed by atoms with Gasteiger partial charge in [-0.15, -0.1) is 0 Å². The van der Waals surface area contributed by atoms with Crippen LogP contribution < -0.4 is 0 Å². The average Bonchev–Trinajstić information content (AvgIpc) is 2.33. The molecule has 2 saturated carbocycles. The molecule has 0 amide bonds. The van der Waals surface area contributed by atoms with Crippen LogP contribution in [-0.4, -0.2) is 30.8 Å².